The van der Waals surface area contributed by atoms with Crippen molar-refractivity contribution in [3.8, 4) is 0 Å². The predicted molar refractivity (Wildman–Crippen MR) is 90.2 cm³/mol. The van der Waals surface area contributed by atoms with E-state index in [0.29, 0.717) is 6.61 Å². The van der Waals surface area contributed by atoms with E-state index in [1.165, 1.54) is 0 Å². The Bertz CT molecular complexity index is 415. The van der Waals surface area contributed by atoms with E-state index in [1.807, 2.05) is 19.0 Å². The summed E-state index contributed by atoms with van der Waals surface area (Å²) in [6.45, 7) is 6.85. The molecule has 3 heterocycles. The number of hydrogen-bond acceptors (Lipinski definition) is 5. The third-order valence-electron chi connectivity index (χ3n) is 5.22. The SMILES string of the molecule is CN(C)C(=O)N1CC[C@@H]2O[C@H](COCCN3CCOCC3)CC[C@@H]21. The zero-order valence-electron chi connectivity index (χ0n) is 15.0. The fourth-order valence-electron chi connectivity index (χ4n) is 3.85. The Hall–Kier alpha value is -0.890. The van der Waals surface area contributed by atoms with E-state index in [2.05, 4.69) is 4.90 Å². The van der Waals surface area contributed by atoms with Gasteiger partial charge in [0.2, 0.25) is 0 Å². The van der Waals surface area contributed by atoms with E-state index in [4.69, 9.17) is 14.2 Å². The van der Waals surface area contributed by atoms with Crippen LogP contribution in [0, 0.1) is 0 Å². The molecule has 0 aromatic heterocycles. The smallest absolute Gasteiger partial charge is 0.319 e. The van der Waals surface area contributed by atoms with Gasteiger partial charge in [0.15, 0.2) is 0 Å². The average Bonchev–Trinajstić information content (AvgIpc) is 3.02. The molecule has 0 bridgehead atoms. The number of nitrogens with zero attached hydrogens (tertiary/aromatic N) is 3. The van der Waals surface area contributed by atoms with E-state index >= 15 is 0 Å². The van der Waals surface area contributed by atoms with Crippen LogP contribution in [0.3, 0.4) is 0 Å². The molecule has 0 aromatic carbocycles. The molecule has 0 radical (unpaired) electrons. The molecular formula is C17H31N3O4. The van der Waals surface area contributed by atoms with Gasteiger partial charge in [-0.05, 0) is 19.3 Å². The van der Waals surface area contributed by atoms with Gasteiger partial charge in [0.05, 0.1) is 44.7 Å². The van der Waals surface area contributed by atoms with Crippen LogP contribution < -0.4 is 0 Å². The highest BCUT2D eigenvalue weighted by Crippen LogP contribution is 2.32. The number of rotatable bonds is 5. The van der Waals surface area contributed by atoms with Gasteiger partial charge in [0.25, 0.3) is 0 Å². The Balaban J connectivity index is 1.35. The summed E-state index contributed by atoms with van der Waals surface area (Å²) in [4.78, 5) is 18.2. The summed E-state index contributed by atoms with van der Waals surface area (Å²) in [6, 6.07) is 0.343. The van der Waals surface area contributed by atoms with Gasteiger partial charge < -0.3 is 24.0 Å². The highest BCUT2D eigenvalue weighted by Gasteiger charge is 2.42. The van der Waals surface area contributed by atoms with Crippen molar-refractivity contribution in [1.82, 2.24) is 14.7 Å². The highest BCUT2D eigenvalue weighted by atomic mass is 16.5. The van der Waals surface area contributed by atoms with Gasteiger partial charge in [-0.2, -0.15) is 0 Å². The van der Waals surface area contributed by atoms with Crippen LogP contribution in [0.2, 0.25) is 0 Å². The third kappa shape index (κ3) is 4.39. The van der Waals surface area contributed by atoms with Crippen molar-refractivity contribution >= 4 is 6.03 Å². The second kappa shape index (κ2) is 8.47. The number of carbonyl (C=O) groups is 1. The lowest BCUT2D eigenvalue weighted by Gasteiger charge is -2.36. The molecule has 2 amide bonds. The molecule has 0 spiro atoms. The van der Waals surface area contributed by atoms with Crippen LogP contribution in [-0.4, -0.2) is 106 Å². The molecule has 7 heteroatoms. The molecule has 0 N–H and O–H groups in total. The van der Waals surface area contributed by atoms with Crippen LogP contribution in [0.15, 0.2) is 0 Å². The number of morpholine rings is 1. The second-order valence-corrected chi connectivity index (χ2v) is 7.13. The molecular weight excluding hydrogens is 310 g/mol. The number of ether oxygens (including phenoxy) is 3. The molecule has 3 aliphatic heterocycles. The summed E-state index contributed by atoms with van der Waals surface area (Å²) in [7, 11) is 3.62. The number of amides is 2. The van der Waals surface area contributed by atoms with Gasteiger partial charge in [-0.25, -0.2) is 4.79 Å². The van der Waals surface area contributed by atoms with Crippen LogP contribution in [0.5, 0.6) is 0 Å². The minimum atomic E-state index is 0.103. The number of likely N-dealkylation sites (tertiary alicyclic amines) is 1. The normalized spacial score (nSPS) is 31.1. The van der Waals surface area contributed by atoms with E-state index in [-0.39, 0.29) is 24.3 Å². The lowest BCUT2D eigenvalue weighted by Crippen LogP contribution is -2.48. The van der Waals surface area contributed by atoms with Crippen molar-refractivity contribution in [3.63, 3.8) is 0 Å². The molecule has 3 fully saturated rings. The molecule has 0 aromatic rings. The first-order valence-electron chi connectivity index (χ1n) is 9.16. The van der Waals surface area contributed by atoms with Gasteiger partial charge >= 0.3 is 6.03 Å². The average molecular weight is 341 g/mol. The van der Waals surface area contributed by atoms with E-state index in [9.17, 15) is 4.79 Å². The first-order chi connectivity index (χ1) is 11.6. The van der Waals surface area contributed by atoms with Crippen molar-refractivity contribution in [2.75, 3.05) is 66.7 Å². The van der Waals surface area contributed by atoms with E-state index < -0.39 is 0 Å². The van der Waals surface area contributed by atoms with Crippen LogP contribution in [-0.2, 0) is 14.2 Å². The van der Waals surface area contributed by atoms with Gasteiger partial charge in [0, 0.05) is 40.3 Å². The number of fused-ring (bicyclic) bond motifs is 1. The van der Waals surface area contributed by atoms with Crippen molar-refractivity contribution < 1.29 is 19.0 Å². The van der Waals surface area contributed by atoms with Crippen molar-refractivity contribution in [1.29, 1.82) is 0 Å². The maximum Gasteiger partial charge on any atom is 0.319 e. The van der Waals surface area contributed by atoms with Gasteiger partial charge in [-0.1, -0.05) is 0 Å². The second-order valence-electron chi connectivity index (χ2n) is 7.13. The Labute approximate surface area is 144 Å². The molecule has 3 rings (SSSR count). The molecule has 3 saturated heterocycles. The largest absolute Gasteiger partial charge is 0.379 e. The minimum Gasteiger partial charge on any atom is -0.379 e. The lowest BCUT2D eigenvalue weighted by atomic mass is 9.99. The Morgan fingerprint density at radius 3 is 2.71 bits per heavy atom. The van der Waals surface area contributed by atoms with Crippen molar-refractivity contribution in [3.05, 3.63) is 0 Å². The van der Waals surface area contributed by atoms with Crippen LogP contribution in [0.1, 0.15) is 19.3 Å². The van der Waals surface area contributed by atoms with Crippen LogP contribution in [0.25, 0.3) is 0 Å². The quantitative estimate of drug-likeness (QED) is 0.687. The summed E-state index contributed by atoms with van der Waals surface area (Å²) < 4.78 is 17.4. The number of hydrogen-bond donors (Lipinski definition) is 0. The Morgan fingerprint density at radius 2 is 1.96 bits per heavy atom. The van der Waals surface area contributed by atoms with Crippen molar-refractivity contribution in [2.45, 2.75) is 37.5 Å². The first kappa shape index (κ1) is 17.9. The Morgan fingerprint density at radius 1 is 1.17 bits per heavy atom. The van der Waals surface area contributed by atoms with E-state index in [0.717, 1.165) is 65.3 Å². The highest BCUT2D eigenvalue weighted by molar-refractivity contribution is 5.74. The summed E-state index contributed by atoms with van der Waals surface area (Å²) in [5.74, 6) is 0. The zero-order chi connectivity index (χ0) is 16.9. The Kier molecular flexibility index (Phi) is 6.32. The van der Waals surface area contributed by atoms with Crippen LogP contribution >= 0.6 is 0 Å². The summed E-state index contributed by atoms with van der Waals surface area (Å²) >= 11 is 0. The summed E-state index contributed by atoms with van der Waals surface area (Å²) in [5, 5.41) is 0. The van der Waals surface area contributed by atoms with Gasteiger partial charge in [-0.3, -0.25) is 4.90 Å². The summed E-state index contributed by atoms with van der Waals surface area (Å²) in [5.41, 5.74) is 0. The van der Waals surface area contributed by atoms with E-state index in [1.54, 1.807) is 4.90 Å². The standard InChI is InChI=1S/C17H31N3O4/c1-18(2)17(21)20-6-5-16-15(20)4-3-14(24-16)13-23-12-9-19-7-10-22-11-8-19/h14-16H,3-13H2,1-2H3/t14-,15-,16-/m0/s1. The molecule has 0 saturated carbocycles. The predicted octanol–water partition coefficient (Wildman–Crippen LogP) is 0.639. The zero-order valence-corrected chi connectivity index (χ0v) is 15.0. The molecule has 138 valence electrons. The number of urea groups is 1. The fraction of sp³-hybridized carbons (Fsp3) is 0.941. The summed E-state index contributed by atoms with van der Waals surface area (Å²) in [6.07, 6.45) is 3.27. The van der Waals surface area contributed by atoms with Crippen LogP contribution in [0.4, 0.5) is 4.79 Å². The maximum absolute atomic E-state index is 12.2. The van der Waals surface area contributed by atoms with Crippen molar-refractivity contribution in [2.24, 2.45) is 0 Å². The molecule has 0 aliphatic carbocycles. The minimum absolute atomic E-state index is 0.103. The fourth-order valence-corrected chi connectivity index (χ4v) is 3.85. The third-order valence-corrected chi connectivity index (χ3v) is 5.22. The molecule has 3 aliphatic rings. The molecule has 3 atom stereocenters. The first-order valence-corrected chi connectivity index (χ1v) is 9.16. The molecule has 24 heavy (non-hydrogen) atoms. The molecule has 7 nitrogen and oxygen atoms in total. The number of carbonyl (C=O) groups excluding carboxylic acids is 1. The topological polar surface area (TPSA) is 54.5 Å². The molecule has 0 unspecified atom stereocenters. The maximum atomic E-state index is 12.2. The lowest BCUT2D eigenvalue weighted by molar-refractivity contribution is -0.0983. The monoisotopic (exact) mass is 341 g/mol. The van der Waals surface area contributed by atoms with Gasteiger partial charge in [-0.15, -0.1) is 0 Å². The van der Waals surface area contributed by atoms with Gasteiger partial charge in [0.1, 0.15) is 0 Å².